The van der Waals surface area contributed by atoms with Crippen LogP contribution < -0.4 is 5.32 Å². The van der Waals surface area contributed by atoms with Crippen molar-refractivity contribution >= 4 is 21.5 Å². The minimum atomic E-state index is -3.84. The largest absolute Gasteiger partial charge is 0.339 e. The van der Waals surface area contributed by atoms with Gasteiger partial charge in [0.2, 0.25) is 9.84 Å². The van der Waals surface area contributed by atoms with E-state index >= 15 is 0 Å². The predicted octanol–water partition coefficient (Wildman–Crippen LogP) is 1.89. The third kappa shape index (κ3) is 2.87. The van der Waals surface area contributed by atoms with E-state index in [4.69, 9.17) is 0 Å². The van der Waals surface area contributed by atoms with Crippen molar-refractivity contribution in [1.29, 1.82) is 0 Å². The summed E-state index contributed by atoms with van der Waals surface area (Å²) in [5, 5.41) is 3.26. The van der Waals surface area contributed by atoms with Crippen LogP contribution in [0.1, 0.15) is 39.1 Å². The van der Waals surface area contributed by atoms with Crippen LogP contribution in [0, 0.1) is 0 Å². The number of piperidine rings is 1. The molecule has 2 aromatic rings. The van der Waals surface area contributed by atoms with Crippen molar-refractivity contribution in [3.05, 3.63) is 59.2 Å². The lowest BCUT2D eigenvalue weighted by Gasteiger charge is -2.32. The van der Waals surface area contributed by atoms with E-state index in [0.29, 0.717) is 0 Å². The van der Waals surface area contributed by atoms with Gasteiger partial charge in [-0.2, -0.15) is 0 Å². The molecule has 0 aliphatic carbocycles. The molecule has 0 bridgehead atoms. The number of carbonyl (C=O) groups excluding carboxylic acids is 2. The molecule has 0 saturated carbocycles. The fraction of sp³-hybridized carbons (Fsp3) is 0.300. The Labute approximate surface area is 158 Å². The van der Waals surface area contributed by atoms with E-state index in [1.165, 1.54) is 24.3 Å². The maximum Gasteiger partial charge on any atom is 0.253 e. The molecule has 1 N–H and O–H groups in total. The van der Waals surface area contributed by atoms with Gasteiger partial charge in [-0.05, 0) is 56.3 Å². The predicted molar refractivity (Wildman–Crippen MR) is 99.8 cm³/mol. The van der Waals surface area contributed by atoms with Gasteiger partial charge < -0.3 is 10.2 Å². The molecule has 2 aromatic carbocycles. The standard InChI is InChI=1S/C20H20N2O4S/c1-22(14-8-10-21-11-9-14)20(24)13-6-7-16-18(12-13)27(25,26)17-5-3-2-4-15(17)19(16)23/h2-7,12,14,21H,8-11H2,1H3. The zero-order chi connectivity index (χ0) is 19.2. The van der Waals surface area contributed by atoms with Gasteiger partial charge in [-0.3, -0.25) is 9.59 Å². The summed E-state index contributed by atoms with van der Waals surface area (Å²) < 4.78 is 26.0. The van der Waals surface area contributed by atoms with E-state index in [0.717, 1.165) is 25.9 Å². The van der Waals surface area contributed by atoms with Gasteiger partial charge in [0.05, 0.1) is 9.79 Å². The molecule has 2 heterocycles. The Hall–Kier alpha value is -2.51. The summed E-state index contributed by atoms with van der Waals surface area (Å²) >= 11 is 0. The van der Waals surface area contributed by atoms with Crippen LogP contribution in [0.4, 0.5) is 0 Å². The maximum absolute atomic E-state index is 13.0. The van der Waals surface area contributed by atoms with E-state index in [2.05, 4.69) is 5.32 Å². The lowest BCUT2D eigenvalue weighted by Crippen LogP contribution is -2.44. The van der Waals surface area contributed by atoms with Crippen LogP contribution in [0.25, 0.3) is 0 Å². The molecule has 0 unspecified atom stereocenters. The average molecular weight is 384 g/mol. The molecule has 1 fully saturated rings. The zero-order valence-corrected chi connectivity index (χ0v) is 15.8. The first-order chi connectivity index (χ1) is 12.9. The highest BCUT2D eigenvalue weighted by atomic mass is 32.2. The van der Waals surface area contributed by atoms with Crippen molar-refractivity contribution < 1.29 is 18.0 Å². The summed E-state index contributed by atoms with van der Waals surface area (Å²) in [6.45, 7) is 1.71. The highest BCUT2D eigenvalue weighted by Crippen LogP contribution is 2.35. The van der Waals surface area contributed by atoms with Crippen molar-refractivity contribution in [3.63, 3.8) is 0 Å². The summed E-state index contributed by atoms with van der Waals surface area (Å²) in [4.78, 5) is 27.2. The van der Waals surface area contributed by atoms with Gasteiger partial charge in [-0.1, -0.05) is 12.1 Å². The van der Waals surface area contributed by atoms with Crippen LogP contribution >= 0.6 is 0 Å². The van der Waals surface area contributed by atoms with Crippen molar-refractivity contribution in [2.75, 3.05) is 20.1 Å². The number of fused-ring (bicyclic) bond motifs is 2. The summed E-state index contributed by atoms with van der Waals surface area (Å²) in [5.74, 6) is -0.563. The first-order valence-electron chi connectivity index (χ1n) is 8.92. The van der Waals surface area contributed by atoms with Crippen LogP contribution in [0.5, 0.6) is 0 Å². The first-order valence-corrected chi connectivity index (χ1v) is 10.4. The van der Waals surface area contributed by atoms with Gasteiger partial charge in [0.1, 0.15) is 0 Å². The number of hydrogen-bond donors (Lipinski definition) is 1. The molecule has 0 aromatic heterocycles. The number of nitrogens with one attached hydrogen (secondary N) is 1. The maximum atomic E-state index is 13.0. The van der Waals surface area contributed by atoms with Crippen LogP contribution in [-0.2, 0) is 9.84 Å². The number of hydrogen-bond acceptors (Lipinski definition) is 5. The molecule has 27 heavy (non-hydrogen) atoms. The van der Waals surface area contributed by atoms with Crippen molar-refractivity contribution in [2.45, 2.75) is 28.7 Å². The molecule has 1 amide bonds. The van der Waals surface area contributed by atoms with Gasteiger partial charge in [-0.15, -0.1) is 0 Å². The molecule has 2 aliphatic rings. The molecule has 0 atom stereocenters. The Bertz CT molecular complexity index is 1040. The monoisotopic (exact) mass is 384 g/mol. The Balaban J connectivity index is 1.74. The highest BCUT2D eigenvalue weighted by Gasteiger charge is 2.35. The van der Waals surface area contributed by atoms with Crippen molar-refractivity contribution in [1.82, 2.24) is 10.2 Å². The van der Waals surface area contributed by atoms with E-state index in [1.807, 2.05) is 0 Å². The van der Waals surface area contributed by atoms with Gasteiger partial charge in [0.25, 0.3) is 5.91 Å². The van der Waals surface area contributed by atoms with Gasteiger partial charge in [0, 0.05) is 29.8 Å². The van der Waals surface area contributed by atoms with Crippen LogP contribution in [0.3, 0.4) is 0 Å². The Kier molecular flexibility index (Phi) is 4.36. The minimum Gasteiger partial charge on any atom is -0.339 e. The van der Waals surface area contributed by atoms with Gasteiger partial charge in [-0.25, -0.2) is 8.42 Å². The fourth-order valence-electron chi connectivity index (χ4n) is 3.78. The second-order valence-electron chi connectivity index (χ2n) is 6.94. The molecule has 0 spiro atoms. The Morgan fingerprint density at radius 3 is 2.44 bits per heavy atom. The van der Waals surface area contributed by atoms with E-state index in [-0.39, 0.29) is 44.2 Å². The van der Waals surface area contributed by atoms with Crippen LogP contribution in [0.2, 0.25) is 0 Å². The molecule has 6 nitrogen and oxygen atoms in total. The second-order valence-corrected chi connectivity index (χ2v) is 8.82. The Morgan fingerprint density at radius 1 is 1.04 bits per heavy atom. The SMILES string of the molecule is CN(C(=O)c1ccc2c(c1)S(=O)(=O)c1ccccc1C2=O)C1CCNCC1. The lowest BCUT2D eigenvalue weighted by molar-refractivity contribution is 0.0702. The minimum absolute atomic E-state index is 0.00110. The second kappa shape index (κ2) is 6.58. The number of rotatable bonds is 2. The van der Waals surface area contributed by atoms with Gasteiger partial charge >= 0.3 is 0 Å². The van der Waals surface area contributed by atoms with E-state index in [1.54, 1.807) is 30.1 Å². The third-order valence-electron chi connectivity index (χ3n) is 5.36. The summed E-state index contributed by atoms with van der Waals surface area (Å²) in [5.41, 5.74) is 0.580. The number of benzene rings is 2. The molecular weight excluding hydrogens is 364 g/mol. The molecule has 1 saturated heterocycles. The topological polar surface area (TPSA) is 83.6 Å². The first kappa shape index (κ1) is 17.9. The van der Waals surface area contributed by atoms with E-state index < -0.39 is 9.84 Å². The summed E-state index contributed by atoms with van der Waals surface area (Å²) in [6.07, 6.45) is 1.72. The molecular formula is C20H20N2O4S. The Morgan fingerprint density at radius 2 is 1.70 bits per heavy atom. The molecule has 4 rings (SSSR count). The quantitative estimate of drug-likeness (QED) is 0.729. The number of carbonyl (C=O) groups is 2. The molecule has 140 valence electrons. The normalized spacial score (nSPS) is 18.5. The third-order valence-corrected chi connectivity index (χ3v) is 7.21. The lowest BCUT2D eigenvalue weighted by atomic mass is 10.00. The van der Waals surface area contributed by atoms with Crippen LogP contribution in [-0.4, -0.2) is 51.2 Å². The molecule has 0 radical (unpaired) electrons. The number of sulfone groups is 1. The smallest absolute Gasteiger partial charge is 0.253 e. The average Bonchev–Trinajstić information content (AvgIpc) is 2.71. The molecule has 7 heteroatoms. The zero-order valence-electron chi connectivity index (χ0n) is 14.9. The fourth-order valence-corrected chi connectivity index (χ4v) is 5.46. The number of ketones is 1. The van der Waals surface area contributed by atoms with Crippen molar-refractivity contribution in [3.8, 4) is 0 Å². The van der Waals surface area contributed by atoms with E-state index in [9.17, 15) is 18.0 Å². The molecule has 2 aliphatic heterocycles. The van der Waals surface area contributed by atoms with Gasteiger partial charge in [0.15, 0.2) is 5.78 Å². The number of nitrogens with zero attached hydrogens (tertiary/aromatic N) is 1. The van der Waals surface area contributed by atoms with Crippen LogP contribution in [0.15, 0.2) is 52.3 Å². The highest BCUT2D eigenvalue weighted by molar-refractivity contribution is 7.91. The summed E-state index contributed by atoms with van der Waals surface area (Å²) in [6, 6.07) is 10.6. The summed E-state index contributed by atoms with van der Waals surface area (Å²) in [7, 11) is -2.10. The van der Waals surface area contributed by atoms with Crippen molar-refractivity contribution in [2.24, 2.45) is 0 Å². The number of amides is 1.